The summed E-state index contributed by atoms with van der Waals surface area (Å²) in [5.41, 5.74) is 0. The van der Waals surface area contributed by atoms with Gasteiger partial charge in [-0.25, -0.2) is 9.97 Å². The van der Waals surface area contributed by atoms with Crippen LogP contribution in [0.5, 0.6) is 0 Å². The molecule has 1 rings (SSSR count). The van der Waals surface area contributed by atoms with E-state index in [1.165, 1.54) is 11.8 Å². The summed E-state index contributed by atoms with van der Waals surface area (Å²) in [4.78, 5) is 8.03. The number of nitrogens with zero attached hydrogens (tertiary/aromatic N) is 2. The molecule has 0 aliphatic carbocycles. The van der Waals surface area contributed by atoms with Gasteiger partial charge in [-0.2, -0.15) is 0 Å². The lowest BCUT2D eigenvalue weighted by Crippen LogP contribution is -2.14. The van der Waals surface area contributed by atoms with Gasteiger partial charge in [0.1, 0.15) is 16.0 Å². The van der Waals surface area contributed by atoms with Crippen molar-refractivity contribution in [1.29, 1.82) is 0 Å². The van der Waals surface area contributed by atoms with Crippen molar-refractivity contribution >= 4 is 23.4 Å². The molecule has 0 saturated carbocycles. The number of rotatable bonds is 4. The third kappa shape index (κ3) is 3.79. The average molecular weight is 235 g/mol. The first-order valence-electron chi connectivity index (χ1n) is 4.04. The van der Waals surface area contributed by atoms with E-state index in [-0.39, 0.29) is 6.61 Å². The van der Waals surface area contributed by atoms with Gasteiger partial charge in [-0.1, -0.05) is 11.6 Å². The fraction of sp³-hybridized carbons (Fsp3) is 0.500. The topological polar surface area (TPSA) is 66.2 Å². The molecular weight excluding hydrogens is 224 g/mol. The molecule has 2 N–H and O–H groups in total. The average Bonchev–Trinajstić information content (AvgIpc) is 2.12. The first-order valence-corrected chi connectivity index (χ1v) is 5.41. The highest BCUT2D eigenvalue weighted by Gasteiger charge is 2.05. The maximum atomic E-state index is 9.11. The van der Waals surface area contributed by atoms with Crippen molar-refractivity contribution in [2.75, 3.05) is 12.4 Å². The quantitative estimate of drug-likeness (QED) is 0.598. The lowest BCUT2D eigenvalue weighted by Gasteiger charge is -2.06. The number of hydrogen-bond donors (Lipinski definition) is 2. The predicted octanol–water partition coefficient (Wildman–Crippen LogP) is 0.884. The van der Waals surface area contributed by atoms with Crippen LogP contribution in [0.1, 0.15) is 5.82 Å². The fourth-order valence-electron chi connectivity index (χ4n) is 0.814. The van der Waals surface area contributed by atoms with E-state index in [9.17, 15) is 0 Å². The molecule has 78 valence electrons. The van der Waals surface area contributed by atoms with Crippen LogP contribution in [-0.4, -0.2) is 38.6 Å². The number of halogens is 1. The maximum absolute atomic E-state index is 9.11. The second kappa shape index (κ2) is 5.50. The summed E-state index contributed by atoms with van der Waals surface area (Å²) < 4.78 is 0. The predicted molar refractivity (Wildman–Crippen MR) is 55.6 cm³/mol. The highest BCUT2D eigenvalue weighted by molar-refractivity contribution is 7.99. The first-order chi connectivity index (χ1) is 6.61. The zero-order valence-corrected chi connectivity index (χ0v) is 9.22. The lowest BCUT2D eigenvalue weighted by molar-refractivity contribution is 0.113. The van der Waals surface area contributed by atoms with Crippen LogP contribution in [0.2, 0.25) is 5.15 Å². The Labute approximate surface area is 91.3 Å². The molecule has 1 atom stereocenters. The Balaban J connectivity index is 2.58. The maximum Gasteiger partial charge on any atom is 0.133 e. The minimum Gasteiger partial charge on any atom is -0.394 e. The van der Waals surface area contributed by atoms with Gasteiger partial charge >= 0.3 is 0 Å². The van der Waals surface area contributed by atoms with Crippen molar-refractivity contribution in [3.63, 3.8) is 0 Å². The van der Waals surface area contributed by atoms with Crippen molar-refractivity contribution in [2.45, 2.75) is 18.1 Å². The summed E-state index contributed by atoms with van der Waals surface area (Å²) in [5, 5.41) is 18.8. The molecule has 0 unspecified atom stereocenters. The third-order valence-electron chi connectivity index (χ3n) is 1.42. The van der Waals surface area contributed by atoms with Gasteiger partial charge < -0.3 is 10.2 Å². The second-order valence-electron chi connectivity index (χ2n) is 2.72. The Kier molecular flexibility index (Phi) is 4.60. The van der Waals surface area contributed by atoms with E-state index in [0.29, 0.717) is 21.8 Å². The molecule has 0 aliphatic heterocycles. The van der Waals surface area contributed by atoms with E-state index in [1.54, 1.807) is 13.0 Å². The summed E-state index contributed by atoms with van der Waals surface area (Å²) in [7, 11) is 0. The zero-order valence-electron chi connectivity index (χ0n) is 7.64. The number of aryl methyl sites for hydroxylation is 1. The molecule has 1 heterocycles. The van der Waals surface area contributed by atoms with E-state index < -0.39 is 6.10 Å². The molecule has 0 fully saturated rings. The molecule has 14 heavy (non-hydrogen) atoms. The Bertz CT molecular complexity index is 291. The van der Waals surface area contributed by atoms with Gasteiger partial charge in [0.2, 0.25) is 0 Å². The van der Waals surface area contributed by atoms with Crippen LogP contribution in [0.3, 0.4) is 0 Å². The normalized spacial score (nSPS) is 12.9. The Morgan fingerprint density at radius 3 is 2.86 bits per heavy atom. The van der Waals surface area contributed by atoms with Crippen LogP contribution in [0.15, 0.2) is 11.1 Å². The van der Waals surface area contributed by atoms with Gasteiger partial charge in [0.25, 0.3) is 0 Å². The van der Waals surface area contributed by atoms with Crippen molar-refractivity contribution in [1.82, 2.24) is 9.97 Å². The summed E-state index contributed by atoms with van der Waals surface area (Å²) >= 11 is 7.06. The smallest absolute Gasteiger partial charge is 0.133 e. The summed E-state index contributed by atoms with van der Waals surface area (Å²) in [6.07, 6.45) is -0.728. The number of thioether (sulfide) groups is 1. The number of aliphatic hydroxyl groups excluding tert-OH is 2. The SMILES string of the molecule is Cc1nc(Cl)cc(SC[C@H](O)CO)n1. The molecule has 0 aromatic carbocycles. The third-order valence-corrected chi connectivity index (χ3v) is 2.67. The van der Waals surface area contributed by atoms with Crippen molar-refractivity contribution in [2.24, 2.45) is 0 Å². The molecule has 0 spiro atoms. The van der Waals surface area contributed by atoms with Gasteiger partial charge in [-0.3, -0.25) is 0 Å². The highest BCUT2D eigenvalue weighted by Crippen LogP contribution is 2.19. The second-order valence-corrected chi connectivity index (χ2v) is 4.15. The van der Waals surface area contributed by atoms with Crippen LogP contribution in [0.25, 0.3) is 0 Å². The molecule has 1 aromatic heterocycles. The van der Waals surface area contributed by atoms with Crippen molar-refractivity contribution in [3.05, 3.63) is 17.0 Å². The molecular formula is C8H11ClN2O2S. The monoisotopic (exact) mass is 234 g/mol. The van der Waals surface area contributed by atoms with Crippen LogP contribution in [0, 0.1) is 6.92 Å². The van der Waals surface area contributed by atoms with Crippen molar-refractivity contribution in [3.8, 4) is 0 Å². The van der Waals surface area contributed by atoms with Crippen LogP contribution in [-0.2, 0) is 0 Å². The van der Waals surface area contributed by atoms with Gasteiger partial charge in [-0.05, 0) is 6.92 Å². The Hall–Kier alpha value is -0.360. The van der Waals surface area contributed by atoms with E-state index in [2.05, 4.69) is 9.97 Å². The summed E-state index contributed by atoms with van der Waals surface area (Å²) in [6, 6.07) is 1.63. The molecule has 4 nitrogen and oxygen atoms in total. The zero-order chi connectivity index (χ0) is 10.6. The lowest BCUT2D eigenvalue weighted by atomic mass is 10.4. The van der Waals surface area contributed by atoms with E-state index >= 15 is 0 Å². The molecule has 0 bridgehead atoms. The summed E-state index contributed by atoms with van der Waals surface area (Å²) in [6.45, 7) is 1.50. The highest BCUT2D eigenvalue weighted by atomic mass is 35.5. The van der Waals surface area contributed by atoms with Crippen LogP contribution < -0.4 is 0 Å². The standard InChI is InChI=1S/C8H11ClN2O2S/c1-5-10-7(9)2-8(11-5)14-4-6(13)3-12/h2,6,12-13H,3-4H2,1H3/t6-/m1/s1. The molecule has 0 amide bonds. The molecule has 1 aromatic rings. The van der Waals surface area contributed by atoms with Gasteiger partial charge in [0.05, 0.1) is 12.7 Å². The largest absolute Gasteiger partial charge is 0.394 e. The Morgan fingerprint density at radius 1 is 1.57 bits per heavy atom. The molecule has 0 saturated heterocycles. The molecule has 0 radical (unpaired) electrons. The van der Waals surface area contributed by atoms with E-state index in [4.69, 9.17) is 21.8 Å². The van der Waals surface area contributed by atoms with Gasteiger partial charge in [0.15, 0.2) is 0 Å². The van der Waals surface area contributed by atoms with Crippen LogP contribution >= 0.6 is 23.4 Å². The number of aromatic nitrogens is 2. The fourth-order valence-corrected chi connectivity index (χ4v) is 1.96. The van der Waals surface area contributed by atoms with E-state index in [0.717, 1.165) is 0 Å². The summed E-state index contributed by atoms with van der Waals surface area (Å²) in [5.74, 6) is 0.988. The number of aliphatic hydroxyl groups is 2. The van der Waals surface area contributed by atoms with E-state index in [1.807, 2.05) is 0 Å². The molecule has 6 heteroatoms. The van der Waals surface area contributed by atoms with Gasteiger partial charge in [-0.15, -0.1) is 11.8 Å². The number of hydrogen-bond acceptors (Lipinski definition) is 5. The van der Waals surface area contributed by atoms with Crippen molar-refractivity contribution < 1.29 is 10.2 Å². The minimum atomic E-state index is -0.728. The van der Waals surface area contributed by atoms with Gasteiger partial charge in [0, 0.05) is 11.8 Å². The first kappa shape index (κ1) is 11.7. The Morgan fingerprint density at radius 2 is 2.29 bits per heavy atom. The van der Waals surface area contributed by atoms with Crippen LogP contribution in [0.4, 0.5) is 0 Å². The minimum absolute atomic E-state index is 0.245. The molecule has 0 aliphatic rings.